The molecule has 0 atom stereocenters. The van der Waals surface area contributed by atoms with E-state index in [1.165, 1.54) is 13.0 Å². The fourth-order valence-corrected chi connectivity index (χ4v) is 1.77. The summed E-state index contributed by atoms with van der Waals surface area (Å²) in [6.45, 7) is 6.68. The summed E-state index contributed by atoms with van der Waals surface area (Å²) in [7, 11) is 0. The van der Waals surface area contributed by atoms with Gasteiger partial charge in [0.05, 0.1) is 17.7 Å². The molecule has 128 valence electrons. The van der Waals surface area contributed by atoms with Crippen LogP contribution < -0.4 is 5.32 Å². The van der Waals surface area contributed by atoms with E-state index in [0.29, 0.717) is 5.56 Å². The first-order valence-electron chi connectivity index (χ1n) is 7.12. The molecule has 0 aliphatic rings. The average molecular weight is 331 g/mol. The van der Waals surface area contributed by atoms with Crippen molar-refractivity contribution in [2.75, 3.05) is 6.61 Å². The predicted octanol–water partition coefficient (Wildman–Crippen LogP) is 3.54. The molecular weight excluding hydrogens is 311 g/mol. The van der Waals surface area contributed by atoms with Crippen molar-refractivity contribution in [3.63, 3.8) is 0 Å². The number of benzene rings is 1. The van der Waals surface area contributed by atoms with Crippen molar-refractivity contribution in [2.45, 2.75) is 40.4 Å². The summed E-state index contributed by atoms with van der Waals surface area (Å²) in [5.41, 5.74) is -1.84. The second-order valence-corrected chi connectivity index (χ2v) is 6.03. The standard InChI is InChI=1S/C16H20F3NO3/c1-5-23-13(21)11-8-10(6-7-12(11)16(17,18)19)9-20-14(22)15(2,3)4/h6-8H,5,9H2,1-4H3,(H,20,22). The maximum absolute atomic E-state index is 13.0. The monoisotopic (exact) mass is 331 g/mol. The zero-order chi connectivity index (χ0) is 17.8. The van der Waals surface area contributed by atoms with E-state index in [0.717, 1.165) is 12.1 Å². The lowest BCUT2D eigenvalue weighted by Crippen LogP contribution is -2.34. The molecule has 0 aromatic heterocycles. The lowest BCUT2D eigenvalue weighted by molar-refractivity contribution is -0.138. The van der Waals surface area contributed by atoms with Crippen molar-refractivity contribution in [3.05, 3.63) is 34.9 Å². The number of rotatable bonds is 4. The van der Waals surface area contributed by atoms with Gasteiger partial charge in [-0.15, -0.1) is 0 Å². The summed E-state index contributed by atoms with van der Waals surface area (Å²) in [5.74, 6) is -1.28. The number of carbonyl (C=O) groups excluding carboxylic acids is 2. The highest BCUT2D eigenvalue weighted by Gasteiger charge is 2.35. The first-order valence-corrected chi connectivity index (χ1v) is 7.12. The summed E-state index contributed by atoms with van der Waals surface area (Å²) >= 11 is 0. The second-order valence-electron chi connectivity index (χ2n) is 6.03. The van der Waals surface area contributed by atoms with Crippen LogP contribution in [0.5, 0.6) is 0 Å². The van der Waals surface area contributed by atoms with Crippen LogP contribution in [0.2, 0.25) is 0 Å². The van der Waals surface area contributed by atoms with Crippen molar-refractivity contribution < 1.29 is 27.5 Å². The van der Waals surface area contributed by atoms with E-state index in [2.05, 4.69) is 10.1 Å². The van der Waals surface area contributed by atoms with Crippen molar-refractivity contribution in [2.24, 2.45) is 5.41 Å². The fourth-order valence-electron chi connectivity index (χ4n) is 1.77. The number of halogens is 3. The largest absolute Gasteiger partial charge is 0.462 e. The molecule has 23 heavy (non-hydrogen) atoms. The molecule has 1 aromatic rings. The number of hydrogen-bond acceptors (Lipinski definition) is 3. The average Bonchev–Trinajstić information content (AvgIpc) is 2.42. The molecule has 0 aliphatic carbocycles. The predicted molar refractivity (Wildman–Crippen MR) is 78.7 cm³/mol. The molecule has 1 amide bonds. The van der Waals surface area contributed by atoms with Crippen LogP contribution in [0.1, 0.15) is 49.2 Å². The minimum Gasteiger partial charge on any atom is -0.462 e. The van der Waals surface area contributed by atoms with Crippen LogP contribution in [0.25, 0.3) is 0 Å². The van der Waals surface area contributed by atoms with Gasteiger partial charge in [0.15, 0.2) is 0 Å². The van der Waals surface area contributed by atoms with Gasteiger partial charge in [-0.25, -0.2) is 4.79 Å². The summed E-state index contributed by atoms with van der Waals surface area (Å²) in [5, 5.41) is 2.62. The zero-order valence-electron chi connectivity index (χ0n) is 13.5. The number of amides is 1. The Hall–Kier alpha value is -2.05. The molecule has 0 aliphatic heterocycles. The normalized spacial score (nSPS) is 12.0. The van der Waals surface area contributed by atoms with Gasteiger partial charge in [-0.05, 0) is 24.6 Å². The third-order valence-corrected chi connectivity index (χ3v) is 3.02. The number of alkyl halides is 3. The van der Waals surface area contributed by atoms with Crippen LogP contribution in [-0.2, 0) is 22.3 Å². The van der Waals surface area contributed by atoms with Gasteiger partial charge in [-0.2, -0.15) is 13.2 Å². The third-order valence-electron chi connectivity index (χ3n) is 3.02. The maximum Gasteiger partial charge on any atom is 0.417 e. The molecule has 4 nitrogen and oxygen atoms in total. The van der Waals surface area contributed by atoms with E-state index < -0.39 is 28.7 Å². The Labute approximate surface area is 133 Å². The SMILES string of the molecule is CCOC(=O)c1cc(CNC(=O)C(C)(C)C)ccc1C(F)(F)F. The lowest BCUT2D eigenvalue weighted by atomic mass is 9.95. The van der Waals surface area contributed by atoms with Gasteiger partial charge < -0.3 is 10.1 Å². The topological polar surface area (TPSA) is 55.4 Å². The Balaban J connectivity index is 3.07. The molecule has 0 fully saturated rings. The Kier molecular flexibility index (Phi) is 5.80. The van der Waals surface area contributed by atoms with Crippen molar-refractivity contribution >= 4 is 11.9 Å². The molecule has 1 aromatic carbocycles. The highest BCUT2D eigenvalue weighted by atomic mass is 19.4. The molecule has 1 rings (SSSR count). The maximum atomic E-state index is 13.0. The molecule has 1 N–H and O–H groups in total. The van der Waals surface area contributed by atoms with Crippen molar-refractivity contribution in [3.8, 4) is 0 Å². The van der Waals surface area contributed by atoms with Crippen molar-refractivity contribution in [1.29, 1.82) is 0 Å². The van der Waals surface area contributed by atoms with E-state index in [1.54, 1.807) is 20.8 Å². The van der Waals surface area contributed by atoms with Gasteiger partial charge >= 0.3 is 12.1 Å². The highest BCUT2D eigenvalue weighted by molar-refractivity contribution is 5.91. The molecule has 0 radical (unpaired) electrons. The molecule has 0 bridgehead atoms. The van der Waals surface area contributed by atoms with E-state index in [4.69, 9.17) is 0 Å². The van der Waals surface area contributed by atoms with Crippen LogP contribution in [0.4, 0.5) is 13.2 Å². The first-order chi connectivity index (χ1) is 10.5. The van der Waals surface area contributed by atoms with E-state index in [9.17, 15) is 22.8 Å². The summed E-state index contributed by atoms with van der Waals surface area (Å²) in [6, 6.07) is 3.16. The van der Waals surface area contributed by atoms with Gasteiger partial charge in [-0.3, -0.25) is 4.79 Å². The number of esters is 1. The van der Waals surface area contributed by atoms with Gasteiger partial charge in [0.2, 0.25) is 5.91 Å². The van der Waals surface area contributed by atoms with Gasteiger partial charge in [0, 0.05) is 12.0 Å². The molecule has 7 heteroatoms. The van der Waals surface area contributed by atoms with Crippen molar-refractivity contribution in [1.82, 2.24) is 5.32 Å². The Morgan fingerprint density at radius 3 is 2.26 bits per heavy atom. The second kappa shape index (κ2) is 7.02. The Bertz CT molecular complexity index is 589. The van der Waals surface area contributed by atoms with E-state index >= 15 is 0 Å². The minimum atomic E-state index is -4.66. The van der Waals surface area contributed by atoms with Gasteiger partial charge in [0.1, 0.15) is 0 Å². The first kappa shape index (κ1) is 19.0. The summed E-state index contributed by atoms with van der Waals surface area (Å²) in [6.07, 6.45) is -4.66. The Morgan fingerprint density at radius 1 is 1.17 bits per heavy atom. The van der Waals surface area contributed by atoms with Crippen LogP contribution >= 0.6 is 0 Å². The van der Waals surface area contributed by atoms with E-state index in [1.807, 2.05) is 0 Å². The number of carbonyl (C=O) groups is 2. The molecular formula is C16H20F3NO3. The minimum absolute atomic E-state index is 0.0267. The van der Waals surface area contributed by atoms with Crippen LogP contribution in [0.15, 0.2) is 18.2 Å². The molecule has 0 heterocycles. The molecule has 0 saturated heterocycles. The van der Waals surface area contributed by atoms with Crippen LogP contribution in [0, 0.1) is 5.41 Å². The number of ether oxygens (including phenoxy) is 1. The van der Waals surface area contributed by atoms with Gasteiger partial charge in [0.25, 0.3) is 0 Å². The fraction of sp³-hybridized carbons (Fsp3) is 0.500. The van der Waals surface area contributed by atoms with Crippen LogP contribution in [0.3, 0.4) is 0 Å². The number of hydrogen-bond donors (Lipinski definition) is 1. The smallest absolute Gasteiger partial charge is 0.417 e. The number of nitrogens with one attached hydrogen (secondary N) is 1. The molecule has 0 spiro atoms. The van der Waals surface area contributed by atoms with E-state index in [-0.39, 0.29) is 19.1 Å². The summed E-state index contributed by atoms with van der Waals surface area (Å²) in [4.78, 5) is 23.6. The van der Waals surface area contributed by atoms with Crippen LogP contribution in [-0.4, -0.2) is 18.5 Å². The zero-order valence-corrected chi connectivity index (χ0v) is 13.5. The lowest BCUT2D eigenvalue weighted by Gasteiger charge is -2.18. The highest BCUT2D eigenvalue weighted by Crippen LogP contribution is 2.33. The van der Waals surface area contributed by atoms with Gasteiger partial charge in [-0.1, -0.05) is 26.8 Å². The summed E-state index contributed by atoms with van der Waals surface area (Å²) < 4.78 is 43.6. The Morgan fingerprint density at radius 2 is 1.78 bits per heavy atom. The third kappa shape index (κ3) is 5.26. The quantitative estimate of drug-likeness (QED) is 0.859. The molecule has 0 unspecified atom stereocenters. The molecule has 0 saturated carbocycles.